The van der Waals surface area contributed by atoms with Gasteiger partial charge in [-0.05, 0) is 43.1 Å². The second kappa shape index (κ2) is 5.50. The van der Waals surface area contributed by atoms with E-state index in [4.69, 9.17) is 4.52 Å². The van der Waals surface area contributed by atoms with Crippen LogP contribution in [0.2, 0.25) is 0 Å². The van der Waals surface area contributed by atoms with Gasteiger partial charge in [0, 0.05) is 18.3 Å². The van der Waals surface area contributed by atoms with Gasteiger partial charge in [-0.15, -0.1) is 0 Å². The van der Waals surface area contributed by atoms with Gasteiger partial charge in [0.1, 0.15) is 17.2 Å². The highest BCUT2D eigenvalue weighted by Gasteiger charge is 2.16. The molecule has 1 aliphatic rings. The van der Waals surface area contributed by atoms with E-state index in [1.54, 1.807) is 19.1 Å². The van der Waals surface area contributed by atoms with Gasteiger partial charge in [-0.3, -0.25) is 4.72 Å². The molecule has 112 valence electrons. The normalized spacial score (nSPS) is 14.7. The van der Waals surface area contributed by atoms with Gasteiger partial charge < -0.3 is 9.84 Å². The van der Waals surface area contributed by atoms with E-state index in [9.17, 15) is 8.42 Å². The number of hydrogen-bond donors (Lipinski definition) is 2. The summed E-state index contributed by atoms with van der Waals surface area (Å²) in [5.41, 5.74) is 3.39. The van der Waals surface area contributed by atoms with Gasteiger partial charge in [0.05, 0.1) is 0 Å². The highest BCUT2D eigenvalue weighted by Crippen LogP contribution is 2.20. The van der Waals surface area contributed by atoms with E-state index in [0.717, 1.165) is 25.1 Å². The van der Waals surface area contributed by atoms with Gasteiger partial charge in [-0.2, -0.15) is 0 Å². The summed E-state index contributed by atoms with van der Waals surface area (Å²) in [7, 11) is -3.49. The smallest absolute Gasteiger partial charge is 0.238 e. The molecule has 0 saturated heterocycles. The van der Waals surface area contributed by atoms with Crippen LogP contribution in [0.4, 0.5) is 5.69 Å². The van der Waals surface area contributed by atoms with Crippen LogP contribution in [0.1, 0.15) is 22.6 Å². The lowest BCUT2D eigenvalue weighted by atomic mass is 10.0. The molecule has 21 heavy (non-hydrogen) atoms. The summed E-state index contributed by atoms with van der Waals surface area (Å²) in [6.45, 7) is 3.46. The van der Waals surface area contributed by atoms with Crippen LogP contribution in [-0.4, -0.2) is 20.1 Å². The minimum absolute atomic E-state index is 0.195. The standard InChI is InChI=1S/C14H17N3O3S/c1-10-6-14(16-20-10)9-21(18,19)17-13-3-2-11-4-5-15-8-12(11)7-13/h2-3,6-7,15,17H,4-5,8-9H2,1H3. The van der Waals surface area contributed by atoms with Crippen molar-refractivity contribution < 1.29 is 12.9 Å². The molecule has 1 aromatic carbocycles. The Kier molecular flexibility index (Phi) is 3.69. The Bertz CT molecular complexity index is 753. The molecular weight excluding hydrogens is 290 g/mol. The first-order chi connectivity index (χ1) is 10.0. The van der Waals surface area contributed by atoms with Gasteiger partial charge >= 0.3 is 0 Å². The Morgan fingerprint density at radius 2 is 2.19 bits per heavy atom. The lowest BCUT2D eigenvalue weighted by molar-refractivity contribution is 0.392. The molecule has 0 unspecified atom stereocenters. The maximum atomic E-state index is 12.1. The SMILES string of the molecule is Cc1cc(CS(=O)(=O)Nc2ccc3c(c2)CNCC3)no1. The van der Waals surface area contributed by atoms with Gasteiger partial charge in [-0.1, -0.05) is 11.2 Å². The third-order valence-electron chi connectivity index (χ3n) is 3.38. The summed E-state index contributed by atoms with van der Waals surface area (Å²) in [4.78, 5) is 0. The molecule has 3 rings (SSSR count). The van der Waals surface area contributed by atoms with Crippen LogP contribution < -0.4 is 10.0 Å². The van der Waals surface area contributed by atoms with Crippen LogP contribution in [0, 0.1) is 6.92 Å². The Morgan fingerprint density at radius 1 is 1.33 bits per heavy atom. The molecule has 0 aliphatic carbocycles. The average molecular weight is 307 g/mol. The molecule has 7 heteroatoms. The first-order valence-corrected chi connectivity index (χ1v) is 8.42. The zero-order valence-electron chi connectivity index (χ0n) is 11.7. The van der Waals surface area contributed by atoms with Crippen molar-refractivity contribution in [2.75, 3.05) is 11.3 Å². The number of fused-ring (bicyclic) bond motifs is 1. The summed E-state index contributed by atoms with van der Waals surface area (Å²) < 4.78 is 31.7. The fraction of sp³-hybridized carbons (Fsp3) is 0.357. The van der Waals surface area contributed by atoms with Gasteiger partial charge in [0.2, 0.25) is 10.0 Å². The fourth-order valence-electron chi connectivity index (χ4n) is 2.44. The third kappa shape index (κ3) is 3.43. The van der Waals surface area contributed by atoms with Crippen LogP contribution in [0.5, 0.6) is 0 Å². The molecule has 2 N–H and O–H groups in total. The highest BCUT2D eigenvalue weighted by molar-refractivity contribution is 7.91. The van der Waals surface area contributed by atoms with Crippen LogP contribution in [0.25, 0.3) is 0 Å². The average Bonchev–Trinajstić information content (AvgIpc) is 2.82. The molecule has 0 fully saturated rings. The third-order valence-corrected chi connectivity index (χ3v) is 4.60. The van der Waals surface area contributed by atoms with Crippen molar-refractivity contribution in [1.82, 2.24) is 10.5 Å². The largest absolute Gasteiger partial charge is 0.361 e. The van der Waals surface area contributed by atoms with Crippen molar-refractivity contribution in [3.8, 4) is 0 Å². The summed E-state index contributed by atoms with van der Waals surface area (Å²) >= 11 is 0. The Balaban J connectivity index is 1.76. The van der Waals surface area contributed by atoms with E-state index in [1.165, 1.54) is 5.56 Å². The summed E-state index contributed by atoms with van der Waals surface area (Å²) in [5, 5.41) is 6.98. The highest BCUT2D eigenvalue weighted by atomic mass is 32.2. The number of aromatic nitrogens is 1. The zero-order valence-corrected chi connectivity index (χ0v) is 12.5. The van der Waals surface area contributed by atoms with E-state index in [1.807, 2.05) is 12.1 Å². The molecule has 2 aromatic rings. The molecule has 0 bridgehead atoms. The van der Waals surface area contributed by atoms with E-state index in [0.29, 0.717) is 17.1 Å². The number of anilines is 1. The molecule has 1 aromatic heterocycles. The number of hydrogen-bond acceptors (Lipinski definition) is 5. The first-order valence-electron chi connectivity index (χ1n) is 6.77. The van der Waals surface area contributed by atoms with Crippen LogP contribution in [-0.2, 0) is 28.7 Å². The molecule has 0 saturated carbocycles. The summed E-state index contributed by atoms with van der Waals surface area (Å²) in [6.07, 6.45) is 0.973. The first kappa shape index (κ1) is 14.1. The molecule has 0 atom stereocenters. The van der Waals surface area contributed by atoms with Crippen molar-refractivity contribution >= 4 is 15.7 Å². The topological polar surface area (TPSA) is 84.2 Å². The Morgan fingerprint density at radius 3 is 2.95 bits per heavy atom. The van der Waals surface area contributed by atoms with Crippen LogP contribution in [0.3, 0.4) is 0 Å². The molecular formula is C14H17N3O3S. The van der Waals surface area contributed by atoms with Gasteiger partial charge in [0.25, 0.3) is 0 Å². The molecule has 1 aliphatic heterocycles. The number of benzene rings is 1. The van der Waals surface area contributed by atoms with Crippen LogP contribution in [0.15, 0.2) is 28.8 Å². The Labute approximate surface area is 123 Å². The Hall–Kier alpha value is -1.86. The predicted octanol–water partition coefficient (Wildman–Crippen LogP) is 1.57. The summed E-state index contributed by atoms with van der Waals surface area (Å²) in [5.74, 6) is 0.403. The molecule has 0 radical (unpaired) electrons. The van der Waals surface area contributed by atoms with Crippen molar-refractivity contribution in [1.29, 1.82) is 0 Å². The second-order valence-corrected chi connectivity index (χ2v) is 6.92. The molecule has 0 amide bonds. The van der Waals surface area contributed by atoms with E-state index >= 15 is 0 Å². The number of sulfonamides is 1. The quantitative estimate of drug-likeness (QED) is 0.895. The molecule has 2 heterocycles. The number of nitrogens with one attached hydrogen (secondary N) is 2. The second-order valence-electron chi connectivity index (χ2n) is 5.20. The fourth-order valence-corrected chi connectivity index (χ4v) is 3.52. The zero-order chi connectivity index (χ0) is 14.9. The van der Waals surface area contributed by atoms with Gasteiger partial charge in [0.15, 0.2) is 0 Å². The summed E-state index contributed by atoms with van der Waals surface area (Å²) in [6, 6.07) is 7.28. The van der Waals surface area contributed by atoms with Crippen molar-refractivity contribution in [3.63, 3.8) is 0 Å². The number of aryl methyl sites for hydroxylation is 1. The van der Waals surface area contributed by atoms with E-state index in [2.05, 4.69) is 15.2 Å². The lowest BCUT2D eigenvalue weighted by Gasteiger charge is -2.18. The number of rotatable bonds is 4. The van der Waals surface area contributed by atoms with Crippen molar-refractivity contribution in [2.45, 2.75) is 25.6 Å². The monoisotopic (exact) mass is 307 g/mol. The maximum absolute atomic E-state index is 12.1. The van der Waals surface area contributed by atoms with E-state index in [-0.39, 0.29) is 5.75 Å². The number of nitrogens with zero attached hydrogens (tertiary/aromatic N) is 1. The van der Waals surface area contributed by atoms with Crippen molar-refractivity contribution in [3.05, 3.63) is 46.8 Å². The predicted molar refractivity (Wildman–Crippen MR) is 79.3 cm³/mol. The van der Waals surface area contributed by atoms with E-state index < -0.39 is 10.0 Å². The molecule has 0 spiro atoms. The van der Waals surface area contributed by atoms with Gasteiger partial charge in [-0.25, -0.2) is 8.42 Å². The molecule has 6 nitrogen and oxygen atoms in total. The van der Waals surface area contributed by atoms with Crippen LogP contribution >= 0.6 is 0 Å². The van der Waals surface area contributed by atoms with Crippen molar-refractivity contribution in [2.24, 2.45) is 0 Å². The minimum atomic E-state index is -3.49. The lowest BCUT2D eigenvalue weighted by Crippen LogP contribution is -2.24. The minimum Gasteiger partial charge on any atom is -0.361 e. The maximum Gasteiger partial charge on any atom is 0.238 e.